The van der Waals surface area contributed by atoms with Crippen LogP contribution in [0.3, 0.4) is 0 Å². The van der Waals surface area contributed by atoms with Crippen LogP contribution >= 0.6 is 12.4 Å². The van der Waals surface area contributed by atoms with Gasteiger partial charge >= 0.3 is 0 Å². The van der Waals surface area contributed by atoms with Crippen molar-refractivity contribution in [1.82, 2.24) is 5.32 Å². The third kappa shape index (κ3) is 4.65. The molecule has 5 nitrogen and oxygen atoms in total. The lowest BCUT2D eigenvalue weighted by Crippen LogP contribution is -2.48. The summed E-state index contributed by atoms with van der Waals surface area (Å²) in [5, 5.41) is 2.78. The molecule has 1 rings (SSSR count). The Morgan fingerprint density at radius 2 is 2.38 bits per heavy atom. The summed E-state index contributed by atoms with van der Waals surface area (Å²) in [4.78, 5) is 11.5. The maximum absolute atomic E-state index is 11.5. The van der Waals surface area contributed by atoms with E-state index in [1.54, 1.807) is 0 Å². The van der Waals surface area contributed by atoms with Gasteiger partial charge < -0.3 is 20.5 Å². The predicted octanol–water partition coefficient (Wildman–Crippen LogP) is 0.0672. The van der Waals surface area contributed by atoms with Crippen molar-refractivity contribution in [3.8, 4) is 0 Å². The largest absolute Gasteiger partial charge is 0.383 e. The highest BCUT2D eigenvalue weighted by atomic mass is 35.5. The fourth-order valence-corrected chi connectivity index (χ4v) is 1.64. The fraction of sp³-hybridized carbons (Fsp3) is 0.900. The van der Waals surface area contributed by atoms with Crippen LogP contribution in [0, 0.1) is 0 Å². The molecule has 3 N–H and O–H groups in total. The number of carbonyl (C=O) groups is 1. The van der Waals surface area contributed by atoms with Crippen LogP contribution in [0.25, 0.3) is 0 Å². The van der Waals surface area contributed by atoms with Crippen molar-refractivity contribution in [2.24, 2.45) is 5.73 Å². The predicted molar refractivity (Wildman–Crippen MR) is 63.7 cm³/mol. The number of rotatable bonds is 5. The molecule has 96 valence electrons. The number of hydrogen-bond acceptors (Lipinski definition) is 4. The molecule has 0 saturated carbocycles. The van der Waals surface area contributed by atoms with Crippen LogP contribution in [-0.2, 0) is 14.3 Å². The molecule has 0 spiro atoms. The molecule has 6 heteroatoms. The summed E-state index contributed by atoms with van der Waals surface area (Å²) >= 11 is 0. The van der Waals surface area contributed by atoms with Crippen LogP contribution in [0.5, 0.6) is 0 Å². The van der Waals surface area contributed by atoms with Crippen molar-refractivity contribution in [2.75, 3.05) is 26.9 Å². The van der Waals surface area contributed by atoms with E-state index in [0.717, 1.165) is 19.4 Å². The van der Waals surface area contributed by atoms with Crippen molar-refractivity contribution >= 4 is 18.3 Å². The second-order valence-corrected chi connectivity index (χ2v) is 4.18. The first-order chi connectivity index (χ1) is 7.07. The van der Waals surface area contributed by atoms with Gasteiger partial charge in [-0.15, -0.1) is 12.4 Å². The number of carbonyl (C=O) groups excluding carboxylic acids is 1. The summed E-state index contributed by atoms with van der Waals surface area (Å²) in [6.45, 7) is 3.53. The van der Waals surface area contributed by atoms with E-state index in [0.29, 0.717) is 6.54 Å². The van der Waals surface area contributed by atoms with Crippen LogP contribution in [0.1, 0.15) is 19.8 Å². The summed E-state index contributed by atoms with van der Waals surface area (Å²) < 4.78 is 10.3. The van der Waals surface area contributed by atoms with Crippen LogP contribution in [0.15, 0.2) is 0 Å². The number of halogens is 1. The Labute approximate surface area is 102 Å². The molecule has 0 radical (unpaired) electrons. The van der Waals surface area contributed by atoms with Gasteiger partial charge in [-0.05, 0) is 19.8 Å². The lowest BCUT2D eigenvalue weighted by atomic mass is 10.0. The maximum atomic E-state index is 11.5. The Kier molecular flexibility index (Phi) is 6.90. The summed E-state index contributed by atoms with van der Waals surface area (Å²) in [7, 11) is 1.52. The molecule has 0 aromatic heterocycles. The van der Waals surface area contributed by atoms with Crippen molar-refractivity contribution in [2.45, 2.75) is 31.4 Å². The molecule has 0 aromatic carbocycles. The minimum absolute atomic E-state index is 0. The Morgan fingerprint density at radius 3 is 2.88 bits per heavy atom. The Hall–Kier alpha value is -0.360. The van der Waals surface area contributed by atoms with Gasteiger partial charge in [-0.25, -0.2) is 0 Å². The quantitative estimate of drug-likeness (QED) is 0.726. The van der Waals surface area contributed by atoms with Crippen LogP contribution in [0.4, 0.5) is 0 Å². The highest BCUT2D eigenvalue weighted by molar-refractivity contribution is 5.85. The molecule has 16 heavy (non-hydrogen) atoms. The molecular formula is C10H21ClN2O3. The second-order valence-electron chi connectivity index (χ2n) is 4.18. The zero-order valence-electron chi connectivity index (χ0n) is 9.82. The molecule has 1 saturated heterocycles. The molecule has 1 amide bonds. The molecule has 1 fully saturated rings. The van der Waals surface area contributed by atoms with Gasteiger partial charge in [-0.2, -0.15) is 0 Å². The molecule has 2 unspecified atom stereocenters. The SMILES string of the molecule is COCC(N)C(=O)NCC1(C)CCCO1.Cl. The van der Waals surface area contributed by atoms with E-state index in [9.17, 15) is 4.79 Å². The van der Waals surface area contributed by atoms with Crippen molar-refractivity contribution in [3.63, 3.8) is 0 Å². The number of amides is 1. The van der Waals surface area contributed by atoms with Crippen LogP contribution in [0.2, 0.25) is 0 Å². The molecule has 2 atom stereocenters. The number of nitrogens with one attached hydrogen (secondary N) is 1. The topological polar surface area (TPSA) is 73.6 Å². The number of ether oxygens (including phenoxy) is 2. The zero-order valence-corrected chi connectivity index (χ0v) is 10.6. The van der Waals surface area contributed by atoms with Crippen molar-refractivity contribution < 1.29 is 14.3 Å². The van der Waals surface area contributed by atoms with Crippen LogP contribution < -0.4 is 11.1 Å². The average Bonchev–Trinajstić information content (AvgIpc) is 2.63. The molecule has 0 aliphatic carbocycles. The van der Waals surface area contributed by atoms with Gasteiger partial charge in [0.25, 0.3) is 0 Å². The van der Waals surface area contributed by atoms with Crippen LogP contribution in [-0.4, -0.2) is 44.4 Å². The number of hydrogen-bond donors (Lipinski definition) is 2. The highest BCUT2D eigenvalue weighted by Crippen LogP contribution is 2.23. The minimum Gasteiger partial charge on any atom is -0.383 e. The van der Waals surface area contributed by atoms with E-state index in [1.165, 1.54) is 7.11 Å². The van der Waals surface area contributed by atoms with Gasteiger partial charge in [0, 0.05) is 20.3 Å². The first kappa shape index (κ1) is 15.6. The first-order valence-electron chi connectivity index (χ1n) is 5.23. The Bertz CT molecular complexity index is 220. The van der Waals surface area contributed by atoms with Gasteiger partial charge in [-0.1, -0.05) is 0 Å². The molecule has 1 aliphatic rings. The van der Waals surface area contributed by atoms with Gasteiger partial charge in [0.15, 0.2) is 0 Å². The first-order valence-corrected chi connectivity index (χ1v) is 5.23. The van der Waals surface area contributed by atoms with E-state index in [1.807, 2.05) is 6.92 Å². The minimum atomic E-state index is -0.597. The third-order valence-corrected chi connectivity index (χ3v) is 2.62. The summed E-state index contributed by atoms with van der Waals surface area (Å²) in [5.74, 6) is -0.187. The lowest BCUT2D eigenvalue weighted by molar-refractivity contribution is -0.124. The fourth-order valence-electron chi connectivity index (χ4n) is 1.64. The van der Waals surface area contributed by atoms with E-state index >= 15 is 0 Å². The van der Waals surface area contributed by atoms with E-state index in [-0.39, 0.29) is 30.5 Å². The molecule has 1 heterocycles. The normalized spacial score (nSPS) is 25.9. The van der Waals surface area contributed by atoms with Gasteiger partial charge in [-0.3, -0.25) is 4.79 Å². The Morgan fingerprint density at radius 1 is 1.69 bits per heavy atom. The molecule has 1 aliphatic heterocycles. The smallest absolute Gasteiger partial charge is 0.239 e. The van der Waals surface area contributed by atoms with Gasteiger partial charge in [0.1, 0.15) is 6.04 Å². The van der Waals surface area contributed by atoms with Gasteiger partial charge in [0.05, 0.1) is 12.2 Å². The highest BCUT2D eigenvalue weighted by Gasteiger charge is 2.30. The van der Waals surface area contributed by atoms with Gasteiger partial charge in [0.2, 0.25) is 5.91 Å². The lowest BCUT2D eigenvalue weighted by Gasteiger charge is -2.24. The number of methoxy groups -OCH3 is 1. The third-order valence-electron chi connectivity index (χ3n) is 2.62. The average molecular weight is 253 g/mol. The maximum Gasteiger partial charge on any atom is 0.239 e. The number of nitrogens with two attached hydrogens (primary N) is 1. The van der Waals surface area contributed by atoms with E-state index in [4.69, 9.17) is 15.2 Å². The second kappa shape index (κ2) is 7.06. The van der Waals surface area contributed by atoms with E-state index in [2.05, 4.69) is 5.32 Å². The molecule has 0 bridgehead atoms. The monoisotopic (exact) mass is 252 g/mol. The molecule has 0 aromatic rings. The Balaban J connectivity index is 0.00000225. The summed E-state index contributed by atoms with van der Waals surface area (Å²) in [6, 6.07) is -0.597. The summed E-state index contributed by atoms with van der Waals surface area (Å²) in [6.07, 6.45) is 2.03. The molecular weight excluding hydrogens is 232 g/mol. The summed E-state index contributed by atoms with van der Waals surface area (Å²) in [5.41, 5.74) is 5.36. The van der Waals surface area contributed by atoms with E-state index < -0.39 is 6.04 Å². The standard InChI is InChI=1S/C10H20N2O3.ClH/c1-10(4-3-5-15-10)7-12-9(13)8(11)6-14-2;/h8H,3-7,11H2,1-2H3,(H,12,13);1H. The van der Waals surface area contributed by atoms with Crippen molar-refractivity contribution in [3.05, 3.63) is 0 Å². The zero-order chi connectivity index (χ0) is 11.3. The van der Waals surface area contributed by atoms with Crippen molar-refractivity contribution in [1.29, 1.82) is 0 Å².